The summed E-state index contributed by atoms with van der Waals surface area (Å²) in [7, 11) is 0. The number of amides is 1. The van der Waals surface area contributed by atoms with Crippen molar-refractivity contribution in [2.45, 2.75) is 25.3 Å². The summed E-state index contributed by atoms with van der Waals surface area (Å²) in [6.45, 7) is 0.177. The first-order valence-electron chi connectivity index (χ1n) is 12.1. The van der Waals surface area contributed by atoms with Crippen LogP contribution in [-0.4, -0.2) is 41.8 Å². The van der Waals surface area contributed by atoms with Crippen molar-refractivity contribution in [2.24, 2.45) is 0 Å². The molecule has 0 saturated carbocycles. The first-order valence-corrected chi connectivity index (χ1v) is 12.5. The van der Waals surface area contributed by atoms with Crippen LogP contribution in [-0.2, 0) is 19.3 Å². The van der Waals surface area contributed by atoms with Crippen LogP contribution in [0.5, 0.6) is 0 Å². The highest BCUT2D eigenvalue weighted by molar-refractivity contribution is 6.31. The standard InChI is InChI=1S/C26H17ClF4N8O/c27-18-3-2-15(28)9-16(18)23-22-17(24(40)34-23)7-14(13-1-4-20-32-12-33-39(20)10-13)8-19(22)37-5-6-38-21(11-37)35-36-25(38)26(29,30)31/h1-4,7-10,12,23H,5-6,11H2,(H,34,40). The topological polar surface area (TPSA) is 93.2 Å². The smallest absolute Gasteiger partial charge is 0.362 e. The van der Waals surface area contributed by atoms with Crippen LogP contribution in [0, 0.1) is 5.82 Å². The van der Waals surface area contributed by atoms with E-state index in [1.54, 1.807) is 22.8 Å². The van der Waals surface area contributed by atoms with Gasteiger partial charge in [0.1, 0.15) is 12.1 Å². The lowest BCUT2D eigenvalue weighted by Crippen LogP contribution is -2.36. The monoisotopic (exact) mass is 568 g/mol. The molecule has 7 rings (SSSR count). The zero-order valence-electron chi connectivity index (χ0n) is 20.3. The average molecular weight is 569 g/mol. The number of nitrogens with zero attached hydrogens (tertiary/aromatic N) is 7. The maximum absolute atomic E-state index is 14.3. The molecule has 2 aliphatic rings. The molecule has 0 fully saturated rings. The molecule has 0 spiro atoms. The Kier molecular flexibility index (Phi) is 5.36. The highest BCUT2D eigenvalue weighted by atomic mass is 35.5. The van der Waals surface area contributed by atoms with Crippen LogP contribution in [0.2, 0.25) is 5.02 Å². The Labute approximate surface area is 228 Å². The third-order valence-electron chi connectivity index (χ3n) is 7.19. The third kappa shape index (κ3) is 3.87. The van der Waals surface area contributed by atoms with Gasteiger partial charge in [-0.05, 0) is 48.0 Å². The van der Waals surface area contributed by atoms with E-state index < -0.39 is 23.9 Å². The Morgan fingerprint density at radius 3 is 2.70 bits per heavy atom. The normalized spacial score (nSPS) is 16.8. The third-order valence-corrected chi connectivity index (χ3v) is 7.54. The Hall–Kier alpha value is -4.52. The number of hydrogen-bond donors (Lipinski definition) is 1. The summed E-state index contributed by atoms with van der Waals surface area (Å²) < 4.78 is 57.3. The predicted molar refractivity (Wildman–Crippen MR) is 135 cm³/mol. The lowest BCUT2D eigenvalue weighted by atomic mass is 9.92. The number of anilines is 1. The number of rotatable bonds is 3. The quantitative estimate of drug-likeness (QED) is 0.319. The minimum absolute atomic E-state index is 0.0128. The average Bonchev–Trinajstić information content (AvgIpc) is 3.65. The van der Waals surface area contributed by atoms with Crippen molar-refractivity contribution >= 4 is 28.8 Å². The summed E-state index contributed by atoms with van der Waals surface area (Å²) in [5.74, 6) is -1.82. The van der Waals surface area contributed by atoms with Gasteiger partial charge in [0.15, 0.2) is 11.5 Å². The van der Waals surface area contributed by atoms with E-state index >= 15 is 0 Å². The number of carbonyl (C=O) groups excluding carboxylic acids is 1. The number of fused-ring (bicyclic) bond motifs is 3. The van der Waals surface area contributed by atoms with E-state index in [4.69, 9.17) is 11.6 Å². The molecule has 1 atom stereocenters. The van der Waals surface area contributed by atoms with Crippen molar-refractivity contribution in [3.8, 4) is 11.1 Å². The molecule has 5 heterocycles. The van der Waals surface area contributed by atoms with Gasteiger partial charge >= 0.3 is 6.18 Å². The highest BCUT2D eigenvalue weighted by Gasteiger charge is 2.41. The van der Waals surface area contributed by atoms with E-state index in [1.807, 2.05) is 17.0 Å². The molecule has 1 unspecified atom stereocenters. The minimum atomic E-state index is -4.63. The van der Waals surface area contributed by atoms with Crippen molar-refractivity contribution in [1.29, 1.82) is 0 Å². The fourth-order valence-electron chi connectivity index (χ4n) is 5.37. The molecule has 0 bridgehead atoms. The first-order chi connectivity index (χ1) is 19.2. The van der Waals surface area contributed by atoms with E-state index in [2.05, 4.69) is 25.6 Å². The van der Waals surface area contributed by atoms with Crippen LogP contribution >= 0.6 is 11.6 Å². The van der Waals surface area contributed by atoms with E-state index in [9.17, 15) is 22.4 Å². The fraction of sp³-hybridized carbons (Fsp3) is 0.192. The van der Waals surface area contributed by atoms with Gasteiger partial charge in [-0.3, -0.25) is 4.79 Å². The van der Waals surface area contributed by atoms with Crippen molar-refractivity contribution in [2.75, 3.05) is 11.4 Å². The van der Waals surface area contributed by atoms with Crippen LogP contribution in [0.4, 0.5) is 23.2 Å². The molecule has 202 valence electrons. The van der Waals surface area contributed by atoms with Crippen LogP contribution < -0.4 is 10.2 Å². The molecule has 3 aromatic heterocycles. The largest absolute Gasteiger partial charge is 0.451 e. The lowest BCUT2D eigenvalue weighted by molar-refractivity contribution is -0.147. The SMILES string of the molecule is O=C1NC(c2cc(F)ccc2Cl)c2c1cc(-c1ccc3ncnn3c1)cc2N1CCn2c(nnc2C(F)(F)F)C1. The summed E-state index contributed by atoms with van der Waals surface area (Å²) in [4.78, 5) is 19.3. The number of nitrogens with one attached hydrogen (secondary N) is 1. The Balaban J connectivity index is 1.40. The molecule has 0 saturated heterocycles. The molecule has 0 radical (unpaired) electrons. The van der Waals surface area contributed by atoms with Gasteiger partial charge in [-0.2, -0.15) is 18.3 Å². The zero-order chi connectivity index (χ0) is 27.8. The van der Waals surface area contributed by atoms with Crippen molar-refractivity contribution in [1.82, 2.24) is 34.7 Å². The number of benzene rings is 2. The molecule has 2 aliphatic heterocycles. The molecule has 9 nitrogen and oxygen atoms in total. The fourth-order valence-corrected chi connectivity index (χ4v) is 5.59. The van der Waals surface area contributed by atoms with E-state index in [0.717, 1.165) is 10.1 Å². The second-order valence-corrected chi connectivity index (χ2v) is 9.93. The molecule has 0 aliphatic carbocycles. The van der Waals surface area contributed by atoms with E-state index in [-0.39, 0.29) is 36.4 Å². The van der Waals surface area contributed by atoms with Crippen molar-refractivity contribution in [3.05, 3.63) is 94.2 Å². The summed E-state index contributed by atoms with van der Waals surface area (Å²) in [5.41, 5.74) is 3.90. The molecular weight excluding hydrogens is 552 g/mol. The highest BCUT2D eigenvalue weighted by Crippen LogP contribution is 2.44. The second-order valence-electron chi connectivity index (χ2n) is 9.52. The summed E-state index contributed by atoms with van der Waals surface area (Å²) >= 11 is 6.44. The van der Waals surface area contributed by atoms with E-state index in [1.165, 1.54) is 24.5 Å². The van der Waals surface area contributed by atoms with Gasteiger partial charge in [0.05, 0.1) is 12.6 Å². The van der Waals surface area contributed by atoms with Gasteiger partial charge < -0.3 is 14.8 Å². The van der Waals surface area contributed by atoms with E-state index in [0.29, 0.717) is 33.6 Å². The van der Waals surface area contributed by atoms with Gasteiger partial charge in [0, 0.05) is 52.3 Å². The van der Waals surface area contributed by atoms with Crippen LogP contribution in [0.3, 0.4) is 0 Å². The van der Waals surface area contributed by atoms with Crippen molar-refractivity contribution < 1.29 is 22.4 Å². The molecule has 14 heteroatoms. The molecular formula is C26H17ClF4N8O. The predicted octanol–water partition coefficient (Wildman–Crippen LogP) is 4.65. The van der Waals surface area contributed by atoms with Crippen LogP contribution in [0.25, 0.3) is 16.8 Å². The summed E-state index contributed by atoms with van der Waals surface area (Å²) in [6, 6.07) is 10.3. The van der Waals surface area contributed by atoms with Gasteiger partial charge in [-0.1, -0.05) is 11.6 Å². The minimum Gasteiger partial charge on any atom is -0.362 e. The van der Waals surface area contributed by atoms with Gasteiger partial charge in [0.25, 0.3) is 5.91 Å². The Morgan fingerprint density at radius 2 is 1.88 bits per heavy atom. The summed E-state index contributed by atoms with van der Waals surface area (Å²) in [6.07, 6.45) is -1.44. The lowest BCUT2D eigenvalue weighted by Gasteiger charge is -2.32. The van der Waals surface area contributed by atoms with Gasteiger partial charge in [-0.15, -0.1) is 10.2 Å². The molecule has 2 aromatic carbocycles. The zero-order valence-corrected chi connectivity index (χ0v) is 21.1. The number of aromatic nitrogens is 6. The summed E-state index contributed by atoms with van der Waals surface area (Å²) in [5, 5.41) is 14.5. The second kappa shape index (κ2) is 8.74. The maximum atomic E-state index is 14.3. The number of carbonyl (C=O) groups is 1. The Bertz CT molecular complexity index is 1830. The number of halogens is 5. The maximum Gasteiger partial charge on any atom is 0.451 e. The number of alkyl halides is 3. The molecule has 40 heavy (non-hydrogen) atoms. The van der Waals surface area contributed by atoms with Gasteiger partial charge in [0.2, 0.25) is 5.82 Å². The number of pyridine rings is 1. The van der Waals surface area contributed by atoms with Gasteiger partial charge in [-0.25, -0.2) is 13.9 Å². The number of hydrogen-bond acceptors (Lipinski definition) is 6. The van der Waals surface area contributed by atoms with Crippen LogP contribution in [0.1, 0.15) is 39.2 Å². The van der Waals surface area contributed by atoms with Crippen molar-refractivity contribution in [3.63, 3.8) is 0 Å². The molecule has 1 amide bonds. The molecule has 1 N–H and O–H groups in total. The van der Waals surface area contributed by atoms with Crippen LogP contribution in [0.15, 0.2) is 55.0 Å². The molecule has 5 aromatic rings. The first kappa shape index (κ1) is 24.5. The Morgan fingerprint density at radius 1 is 1.02 bits per heavy atom.